The number of benzene rings is 2. The van der Waals surface area contributed by atoms with Gasteiger partial charge in [-0.3, -0.25) is 4.79 Å². The maximum Gasteiger partial charge on any atom is 0.330 e. The Bertz CT molecular complexity index is 916. The molecule has 5 heteroatoms. The van der Waals surface area contributed by atoms with Crippen LogP contribution in [0.1, 0.15) is 39.4 Å². The highest BCUT2D eigenvalue weighted by Gasteiger charge is 2.61. The number of esters is 2. The van der Waals surface area contributed by atoms with Gasteiger partial charge in [-0.25, -0.2) is 4.79 Å². The molecule has 0 aliphatic heterocycles. The molecule has 0 radical (unpaired) electrons. The van der Waals surface area contributed by atoms with Crippen molar-refractivity contribution in [3.05, 3.63) is 72.3 Å². The molecule has 0 N–H and O–H groups in total. The molecule has 158 valence electrons. The highest BCUT2D eigenvalue weighted by Crippen LogP contribution is 2.59. The second kappa shape index (κ2) is 9.16. The summed E-state index contributed by atoms with van der Waals surface area (Å²) in [5.41, 5.74) is 0.604. The van der Waals surface area contributed by atoms with Crippen molar-refractivity contribution >= 4 is 11.9 Å². The van der Waals surface area contributed by atoms with Crippen molar-refractivity contribution in [2.75, 3.05) is 6.61 Å². The lowest BCUT2D eigenvalue weighted by Gasteiger charge is -2.15. The zero-order valence-corrected chi connectivity index (χ0v) is 17.8. The van der Waals surface area contributed by atoms with Crippen LogP contribution in [-0.4, -0.2) is 18.5 Å². The Morgan fingerprint density at radius 2 is 1.77 bits per heavy atom. The minimum Gasteiger partial charge on any atom is -0.463 e. The topological polar surface area (TPSA) is 61.8 Å². The number of allylic oxidation sites excluding steroid dienone is 1. The Morgan fingerprint density at radius 3 is 2.47 bits per heavy atom. The van der Waals surface area contributed by atoms with Crippen LogP contribution in [0.2, 0.25) is 0 Å². The summed E-state index contributed by atoms with van der Waals surface area (Å²) < 4.78 is 16.5. The van der Waals surface area contributed by atoms with Gasteiger partial charge in [-0.15, -0.1) is 0 Å². The Morgan fingerprint density at radius 1 is 1.07 bits per heavy atom. The van der Waals surface area contributed by atoms with Gasteiger partial charge in [0, 0.05) is 6.08 Å². The molecule has 1 saturated carbocycles. The van der Waals surface area contributed by atoms with Gasteiger partial charge in [-0.2, -0.15) is 0 Å². The summed E-state index contributed by atoms with van der Waals surface area (Å²) in [6, 6.07) is 17.0. The standard InChI is InChI=1S/C25H28O5/c1-5-28-22(26)15-14-21-23(25(21,3)4)24(27)29-17(2)18-10-9-13-20(16-18)30-19-11-7-6-8-12-19/h6-17,21,23H,5H2,1-4H3/t17-,21?,23?/m1/s1. The summed E-state index contributed by atoms with van der Waals surface area (Å²) in [7, 11) is 0. The maximum absolute atomic E-state index is 12.8. The van der Waals surface area contributed by atoms with Crippen LogP contribution in [0.25, 0.3) is 0 Å². The molecule has 1 fully saturated rings. The van der Waals surface area contributed by atoms with Crippen LogP contribution in [0.4, 0.5) is 0 Å². The van der Waals surface area contributed by atoms with E-state index >= 15 is 0 Å². The van der Waals surface area contributed by atoms with E-state index in [4.69, 9.17) is 14.2 Å². The Hall–Kier alpha value is -3.08. The van der Waals surface area contributed by atoms with E-state index in [9.17, 15) is 9.59 Å². The summed E-state index contributed by atoms with van der Waals surface area (Å²) in [5, 5.41) is 0. The second-order valence-electron chi connectivity index (χ2n) is 8.00. The third-order valence-electron chi connectivity index (χ3n) is 5.49. The van der Waals surface area contributed by atoms with Crippen molar-refractivity contribution in [2.24, 2.45) is 17.3 Å². The van der Waals surface area contributed by atoms with E-state index < -0.39 is 12.1 Å². The van der Waals surface area contributed by atoms with Crippen molar-refractivity contribution in [3.63, 3.8) is 0 Å². The van der Waals surface area contributed by atoms with E-state index in [-0.39, 0.29) is 23.2 Å². The van der Waals surface area contributed by atoms with Gasteiger partial charge in [-0.1, -0.05) is 50.3 Å². The predicted molar refractivity (Wildman–Crippen MR) is 114 cm³/mol. The zero-order chi connectivity index (χ0) is 21.7. The molecule has 5 nitrogen and oxygen atoms in total. The minimum absolute atomic E-state index is 0.0469. The van der Waals surface area contributed by atoms with E-state index in [0.717, 1.165) is 11.3 Å². The van der Waals surface area contributed by atoms with Crippen molar-refractivity contribution in [3.8, 4) is 11.5 Å². The first-order valence-electron chi connectivity index (χ1n) is 10.2. The summed E-state index contributed by atoms with van der Waals surface area (Å²) in [5.74, 6) is 0.443. The van der Waals surface area contributed by atoms with Gasteiger partial charge in [0.05, 0.1) is 12.5 Å². The highest BCUT2D eigenvalue weighted by atomic mass is 16.5. The first-order chi connectivity index (χ1) is 14.3. The molecule has 3 rings (SSSR count). The van der Waals surface area contributed by atoms with Crippen LogP contribution < -0.4 is 4.74 Å². The molecule has 0 heterocycles. The number of rotatable bonds is 8. The molecule has 0 aromatic heterocycles. The maximum atomic E-state index is 12.8. The number of para-hydroxylation sites is 1. The van der Waals surface area contributed by atoms with Crippen molar-refractivity contribution in [1.29, 1.82) is 0 Å². The van der Waals surface area contributed by atoms with Crippen LogP contribution in [0, 0.1) is 17.3 Å². The minimum atomic E-state index is -0.414. The Balaban J connectivity index is 1.62. The fraction of sp³-hybridized carbons (Fsp3) is 0.360. The van der Waals surface area contributed by atoms with Gasteiger partial charge in [-0.05, 0) is 55.0 Å². The van der Waals surface area contributed by atoms with Crippen molar-refractivity contribution in [1.82, 2.24) is 0 Å². The lowest BCUT2D eigenvalue weighted by Crippen LogP contribution is -2.13. The van der Waals surface area contributed by atoms with E-state index in [0.29, 0.717) is 12.4 Å². The van der Waals surface area contributed by atoms with Crippen molar-refractivity contribution in [2.45, 2.75) is 33.8 Å². The molecule has 0 saturated heterocycles. The van der Waals surface area contributed by atoms with Crippen LogP contribution in [0.15, 0.2) is 66.7 Å². The third kappa shape index (κ3) is 5.09. The normalized spacial score (nSPS) is 20.4. The summed E-state index contributed by atoms with van der Waals surface area (Å²) in [6.07, 6.45) is 2.74. The van der Waals surface area contributed by atoms with E-state index in [2.05, 4.69) is 0 Å². The fourth-order valence-electron chi connectivity index (χ4n) is 3.63. The number of carbonyl (C=O) groups excluding carboxylic acids is 2. The molecule has 0 spiro atoms. The molecule has 0 amide bonds. The van der Waals surface area contributed by atoms with Gasteiger partial charge >= 0.3 is 11.9 Å². The lowest BCUT2D eigenvalue weighted by molar-refractivity contribution is -0.151. The smallest absolute Gasteiger partial charge is 0.330 e. The largest absolute Gasteiger partial charge is 0.463 e. The molecule has 3 atom stereocenters. The average molecular weight is 408 g/mol. The number of hydrogen-bond donors (Lipinski definition) is 0. The summed E-state index contributed by atoms with van der Waals surface area (Å²) in [6.45, 7) is 7.93. The molecule has 2 aromatic carbocycles. The van der Waals surface area contributed by atoms with Crippen LogP contribution in [-0.2, 0) is 19.1 Å². The fourth-order valence-corrected chi connectivity index (χ4v) is 3.63. The van der Waals surface area contributed by atoms with Gasteiger partial charge in [0.1, 0.15) is 17.6 Å². The SMILES string of the molecule is CCOC(=O)C=CC1C(C(=O)O[C@H](C)c2cccc(Oc3ccccc3)c2)C1(C)C. The quantitative estimate of drug-likeness (QED) is 0.428. The number of ether oxygens (including phenoxy) is 3. The van der Waals surface area contributed by atoms with E-state index in [1.165, 1.54) is 6.08 Å². The molecule has 2 unspecified atom stereocenters. The van der Waals surface area contributed by atoms with Crippen LogP contribution in [0.3, 0.4) is 0 Å². The summed E-state index contributed by atoms with van der Waals surface area (Å²) in [4.78, 5) is 24.3. The monoisotopic (exact) mass is 408 g/mol. The van der Waals surface area contributed by atoms with E-state index in [1.54, 1.807) is 13.0 Å². The first-order valence-corrected chi connectivity index (χ1v) is 10.2. The highest BCUT2D eigenvalue weighted by molar-refractivity contribution is 5.83. The zero-order valence-electron chi connectivity index (χ0n) is 17.8. The van der Waals surface area contributed by atoms with Gasteiger partial charge in [0.25, 0.3) is 0 Å². The van der Waals surface area contributed by atoms with Crippen LogP contribution in [0.5, 0.6) is 11.5 Å². The van der Waals surface area contributed by atoms with E-state index in [1.807, 2.05) is 75.4 Å². The first kappa shape index (κ1) is 21.6. The predicted octanol–water partition coefficient (Wildman–Crippen LogP) is 5.47. The molecule has 30 heavy (non-hydrogen) atoms. The summed E-state index contributed by atoms with van der Waals surface area (Å²) >= 11 is 0. The second-order valence-corrected chi connectivity index (χ2v) is 8.00. The Kier molecular flexibility index (Phi) is 6.60. The number of hydrogen-bond acceptors (Lipinski definition) is 5. The average Bonchev–Trinajstić information content (AvgIpc) is 3.28. The molecule has 1 aliphatic rings. The third-order valence-corrected chi connectivity index (χ3v) is 5.49. The molecular weight excluding hydrogens is 380 g/mol. The van der Waals surface area contributed by atoms with Gasteiger partial charge in [0.15, 0.2) is 0 Å². The van der Waals surface area contributed by atoms with Gasteiger partial charge in [0.2, 0.25) is 0 Å². The number of carbonyl (C=O) groups is 2. The molecule has 2 aromatic rings. The van der Waals surface area contributed by atoms with Crippen LogP contribution >= 0.6 is 0 Å². The lowest BCUT2D eigenvalue weighted by atomic mass is 10.1. The molecule has 1 aliphatic carbocycles. The molecule has 0 bridgehead atoms. The Labute approximate surface area is 177 Å². The molecular formula is C25H28O5. The van der Waals surface area contributed by atoms with Gasteiger partial charge < -0.3 is 14.2 Å². The van der Waals surface area contributed by atoms with Crippen molar-refractivity contribution < 1.29 is 23.8 Å².